The summed E-state index contributed by atoms with van der Waals surface area (Å²) < 4.78 is 15.8. The molecule has 35 heavy (non-hydrogen) atoms. The molecule has 10 heteroatoms. The molecule has 0 saturated carbocycles. The zero-order valence-electron chi connectivity index (χ0n) is 22.7. The number of nitrogens with one attached hydrogen (secondary N) is 1. The molecular formula is C25H48N4O6. The molecule has 1 heterocycles. The first-order valence-electron chi connectivity index (χ1n) is 13.2. The van der Waals surface area contributed by atoms with Crippen molar-refractivity contribution in [3.8, 4) is 0 Å². The standard InChI is InChI=1S/C25H48N4O6/c1-7-33-23(30)20(4)27-15-11-16-29(22(6)25(32)35-9-3)19-18-28(14-10-12-26-13-17-27)21(5)24(31)34-8-2/h20-22,26H,7-19H2,1-6H3. The van der Waals surface area contributed by atoms with E-state index in [2.05, 4.69) is 20.0 Å². The number of hydrogen-bond donors (Lipinski definition) is 1. The fraction of sp³-hybridized carbons (Fsp3) is 0.880. The highest BCUT2D eigenvalue weighted by atomic mass is 16.5. The third-order valence-corrected chi connectivity index (χ3v) is 6.47. The largest absolute Gasteiger partial charge is 0.465 e. The Hall–Kier alpha value is -1.75. The Morgan fingerprint density at radius 1 is 0.600 bits per heavy atom. The van der Waals surface area contributed by atoms with E-state index in [1.165, 1.54) is 0 Å². The molecule has 10 nitrogen and oxygen atoms in total. The summed E-state index contributed by atoms with van der Waals surface area (Å²) in [6, 6.07) is -1.09. The highest BCUT2D eigenvalue weighted by Crippen LogP contribution is 2.10. The van der Waals surface area contributed by atoms with Crippen LogP contribution < -0.4 is 5.32 Å². The van der Waals surface area contributed by atoms with E-state index < -0.39 is 6.04 Å². The van der Waals surface area contributed by atoms with E-state index in [1.54, 1.807) is 6.92 Å². The van der Waals surface area contributed by atoms with Crippen LogP contribution in [0.25, 0.3) is 0 Å². The monoisotopic (exact) mass is 500 g/mol. The average Bonchev–Trinajstić information content (AvgIpc) is 2.84. The summed E-state index contributed by atoms with van der Waals surface area (Å²) in [7, 11) is 0. The van der Waals surface area contributed by atoms with Crippen molar-refractivity contribution in [2.45, 2.75) is 72.5 Å². The second-order valence-corrected chi connectivity index (χ2v) is 8.85. The van der Waals surface area contributed by atoms with Gasteiger partial charge in [-0.1, -0.05) is 0 Å². The summed E-state index contributed by atoms with van der Waals surface area (Å²) in [4.78, 5) is 43.7. The lowest BCUT2D eigenvalue weighted by Crippen LogP contribution is -2.50. The van der Waals surface area contributed by atoms with Crippen LogP contribution in [0.15, 0.2) is 0 Å². The smallest absolute Gasteiger partial charge is 0.323 e. The lowest BCUT2D eigenvalue weighted by atomic mass is 10.2. The molecule has 1 N–H and O–H groups in total. The molecule has 0 aliphatic carbocycles. The number of carbonyl (C=O) groups is 3. The van der Waals surface area contributed by atoms with Crippen LogP contribution in [0.4, 0.5) is 0 Å². The molecule has 0 amide bonds. The van der Waals surface area contributed by atoms with E-state index in [-0.39, 0.29) is 30.0 Å². The Kier molecular flexibility index (Phi) is 15.8. The first-order chi connectivity index (χ1) is 16.8. The van der Waals surface area contributed by atoms with Gasteiger partial charge in [0.25, 0.3) is 0 Å². The highest BCUT2D eigenvalue weighted by Gasteiger charge is 2.28. The van der Waals surface area contributed by atoms with Gasteiger partial charge >= 0.3 is 17.9 Å². The zero-order valence-corrected chi connectivity index (χ0v) is 22.7. The van der Waals surface area contributed by atoms with E-state index in [9.17, 15) is 14.4 Å². The Morgan fingerprint density at radius 3 is 1.37 bits per heavy atom. The van der Waals surface area contributed by atoms with E-state index in [0.29, 0.717) is 46.0 Å². The molecule has 1 rings (SSSR count). The van der Waals surface area contributed by atoms with Crippen LogP contribution in [0, 0.1) is 0 Å². The van der Waals surface area contributed by atoms with Gasteiger partial charge in [-0.05, 0) is 60.9 Å². The quantitative estimate of drug-likeness (QED) is 0.366. The van der Waals surface area contributed by atoms with Crippen molar-refractivity contribution in [3.05, 3.63) is 0 Å². The molecule has 1 saturated heterocycles. The molecule has 0 aromatic rings. The Morgan fingerprint density at radius 2 is 0.971 bits per heavy atom. The van der Waals surface area contributed by atoms with Gasteiger partial charge in [0, 0.05) is 45.8 Å². The van der Waals surface area contributed by atoms with Crippen molar-refractivity contribution < 1.29 is 28.6 Å². The predicted octanol–water partition coefficient (Wildman–Crippen LogP) is 1.13. The Labute approximate surface area is 211 Å². The highest BCUT2D eigenvalue weighted by molar-refractivity contribution is 5.76. The number of ether oxygens (including phenoxy) is 3. The number of carbonyl (C=O) groups excluding carboxylic acids is 3. The second-order valence-electron chi connectivity index (χ2n) is 8.85. The maximum Gasteiger partial charge on any atom is 0.323 e. The maximum atomic E-state index is 12.5. The average molecular weight is 501 g/mol. The van der Waals surface area contributed by atoms with Gasteiger partial charge in [0.15, 0.2) is 0 Å². The number of nitrogens with zero attached hydrogens (tertiary/aromatic N) is 3. The zero-order chi connectivity index (χ0) is 26.2. The van der Waals surface area contributed by atoms with Crippen molar-refractivity contribution in [2.75, 3.05) is 72.2 Å². The van der Waals surface area contributed by atoms with Crippen molar-refractivity contribution in [2.24, 2.45) is 0 Å². The van der Waals surface area contributed by atoms with Crippen molar-refractivity contribution in [1.29, 1.82) is 0 Å². The lowest BCUT2D eigenvalue weighted by molar-refractivity contribution is -0.151. The second kappa shape index (κ2) is 17.6. The van der Waals surface area contributed by atoms with Gasteiger partial charge < -0.3 is 19.5 Å². The summed E-state index contributed by atoms with van der Waals surface area (Å²) in [6.07, 6.45) is 1.64. The fourth-order valence-electron chi connectivity index (χ4n) is 4.22. The van der Waals surface area contributed by atoms with Crippen molar-refractivity contribution >= 4 is 17.9 Å². The van der Waals surface area contributed by atoms with Crippen LogP contribution in [0.5, 0.6) is 0 Å². The lowest BCUT2D eigenvalue weighted by Gasteiger charge is -2.34. The van der Waals surface area contributed by atoms with Gasteiger partial charge in [-0.3, -0.25) is 29.1 Å². The minimum atomic E-state index is -0.403. The first-order valence-corrected chi connectivity index (χ1v) is 13.2. The summed E-state index contributed by atoms with van der Waals surface area (Å²) in [5, 5.41) is 3.46. The normalized spacial score (nSPS) is 20.7. The molecule has 1 fully saturated rings. The van der Waals surface area contributed by atoms with Crippen molar-refractivity contribution in [1.82, 2.24) is 20.0 Å². The van der Waals surface area contributed by atoms with Gasteiger partial charge in [0.2, 0.25) is 0 Å². The van der Waals surface area contributed by atoms with Crippen LogP contribution in [-0.2, 0) is 28.6 Å². The Bertz CT molecular complexity index is 635. The third kappa shape index (κ3) is 11.2. The molecular weight excluding hydrogens is 452 g/mol. The summed E-state index contributed by atoms with van der Waals surface area (Å²) in [6.45, 7) is 17.7. The molecule has 0 bridgehead atoms. The minimum Gasteiger partial charge on any atom is -0.465 e. The first kappa shape index (κ1) is 31.3. The molecule has 0 aromatic heterocycles. The van der Waals surface area contributed by atoms with Gasteiger partial charge in [-0.15, -0.1) is 0 Å². The van der Waals surface area contributed by atoms with Crippen LogP contribution in [0.1, 0.15) is 54.4 Å². The van der Waals surface area contributed by atoms with E-state index in [0.717, 1.165) is 39.0 Å². The summed E-state index contributed by atoms with van der Waals surface area (Å²) >= 11 is 0. The third-order valence-electron chi connectivity index (χ3n) is 6.47. The van der Waals surface area contributed by atoms with Crippen LogP contribution >= 0.6 is 0 Å². The van der Waals surface area contributed by atoms with Gasteiger partial charge in [-0.2, -0.15) is 0 Å². The predicted molar refractivity (Wildman–Crippen MR) is 135 cm³/mol. The minimum absolute atomic E-state index is 0.214. The molecule has 3 atom stereocenters. The molecule has 0 radical (unpaired) electrons. The van der Waals surface area contributed by atoms with Gasteiger partial charge in [0.1, 0.15) is 18.1 Å². The van der Waals surface area contributed by atoms with Crippen LogP contribution in [0.3, 0.4) is 0 Å². The van der Waals surface area contributed by atoms with E-state index >= 15 is 0 Å². The maximum absolute atomic E-state index is 12.5. The fourth-order valence-corrected chi connectivity index (χ4v) is 4.22. The SMILES string of the molecule is CCOC(=O)C(C)N1CCCN(C(C)C(=O)OCC)CCN(C(C)C(=O)OCC)CCCNCC1. The number of hydrogen-bond acceptors (Lipinski definition) is 10. The number of rotatable bonds is 9. The molecule has 204 valence electrons. The molecule has 0 aromatic carbocycles. The van der Waals surface area contributed by atoms with Crippen molar-refractivity contribution in [3.63, 3.8) is 0 Å². The molecule has 1 aliphatic heterocycles. The van der Waals surface area contributed by atoms with E-state index in [4.69, 9.17) is 14.2 Å². The molecule has 3 unspecified atom stereocenters. The molecule has 0 spiro atoms. The number of esters is 3. The van der Waals surface area contributed by atoms with Gasteiger partial charge in [0.05, 0.1) is 19.8 Å². The Balaban J connectivity index is 2.99. The topological polar surface area (TPSA) is 101 Å². The summed E-state index contributed by atoms with van der Waals surface area (Å²) in [5.41, 5.74) is 0. The van der Waals surface area contributed by atoms with Crippen LogP contribution in [-0.4, -0.2) is 123 Å². The van der Waals surface area contributed by atoms with E-state index in [1.807, 2.05) is 34.6 Å². The summed E-state index contributed by atoms with van der Waals surface area (Å²) in [5.74, 6) is -0.691. The van der Waals surface area contributed by atoms with Crippen LogP contribution in [0.2, 0.25) is 0 Å². The molecule has 1 aliphatic rings. The van der Waals surface area contributed by atoms with Gasteiger partial charge in [-0.25, -0.2) is 0 Å².